The molecule has 10 heteroatoms. The van der Waals surface area contributed by atoms with E-state index in [0.717, 1.165) is 19.3 Å². The zero-order valence-electron chi connectivity index (χ0n) is 14.2. The lowest BCUT2D eigenvalue weighted by Crippen LogP contribution is -2.52. The molecule has 26 heavy (non-hydrogen) atoms. The molecule has 0 N–H and O–H groups in total. The van der Waals surface area contributed by atoms with Crippen molar-refractivity contribution in [2.24, 2.45) is 0 Å². The molecule has 0 saturated carbocycles. The Morgan fingerprint density at radius 3 is 2.38 bits per heavy atom. The molecule has 2 aliphatic heterocycles. The Balaban J connectivity index is 1.47. The van der Waals surface area contributed by atoms with Gasteiger partial charge in [0.15, 0.2) is 0 Å². The number of hydrogen-bond donors (Lipinski definition) is 0. The molecule has 7 nitrogen and oxygen atoms in total. The average Bonchev–Trinajstić information content (AvgIpc) is 2.62. The number of pyridine rings is 1. The van der Waals surface area contributed by atoms with Gasteiger partial charge in [-0.05, 0) is 12.1 Å². The van der Waals surface area contributed by atoms with Crippen LogP contribution in [0.4, 0.5) is 19.0 Å². The van der Waals surface area contributed by atoms with Gasteiger partial charge in [-0.25, -0.2) is 4.98 Å². The molecular formula is C16H21F3N4O3. The van der Waals surface area contributed by atoms with E-state index in [9.17, 15) is 18.0 Å². The van der Waals surface area contributed by atoms with Crippen LogP contribution in [0.3, 0.4) is 0 Å². The largest absolute Gasteiger partial charge is 0.573 e. The van der Waals surface area contributed by atoms with Crippen molar-refractivity contribution in [1.29, 1.82) is 0 Å². The molecular weight excluding hydrogens is 353 g/mol. The van der Waals surface area contributed by atoms with Gasteiger partial charge in [-0.3, -0.25) is 9.69 Å². The summed E-state index contributed by atoms with van der Waals surface area (Å²) in [6.45, 7) is 5.52. The Bertz CT molecular complexity index is 598. The molecule has 1 aromatic heterocycles. The third-order valence-corrected chi connectivity index (χ3v) is 4.37. The van der Waals surface area contributed by atoms with Crippen LogP contribution in [0.1, 0.15) is 0 Å². The third-order valence-electron chi connectivity index (χ3n) is 4.37. The van der Waals surface area contributed by atoms with Crippen molar-refractivity contribution in [3.05, 3.63) is 18.3 Å². The summed E-state index contributed by atoms with van der Waals surface area (Å²) >= 11 is 0. The standard InChI is InChI=1S/C16H21F3N4O3/c17-16(18,19)26-13-1-2-14(20-11-13)22-3-5-23(6-4-22)15(24)12-21-7-9-25-10-8-21/h1-2,11H,3-10,12H2. The van der Waals surface area contributed by atoms with E-state index in [1.165, 1.54) is 12.1 Å². The molecule has 2 saturated heterocycles. The van der Waals surface area contributed by atoms with Crippen molar-refractivity contribution < 1.29 is 27.4 Å². The number of carbonyl (C=O) groups excluding carboxylic acids is 1. The molecule has 0 bridgehead atoms. The fraction of sp³-hybridized carbons (Fsp3) is 0.625. The summed E-state index contributed by atoms with van der Waals surface area (Å²) in [6.07, 6.45) is -3.67. The van der Waals surface area contributed by atoms with Gasteiger partial charge in [-0.15, -0.1) is 13.2 Å². The molecule has 0 spiro atoms. The third kappa shape index (κ3) is 5.21. The van der Waals surface area contributed by atoms with Crippen LogP contribution in [0, 0.1) is 0 Å². The summed E-state index contributed by atoms with van der Waals surface area (Å²) in [4.78, 5) is 22.2. The van der Waals surface area contributed by atoms with Crippen LogP contribution in [0.15, 0.2) is 18.3 Å². The normalized spacial score (nSPS) is 19.5. The highest BCUT2D eigenvalue weighted by molar-refractivity contribution is 5.78. The van der Waals surface area contributed by atoms with Crippen LogP contribution in [0.5, 0.6) is 5.75 Å². The number of halogens is 3. The number of alkyl halides is 3. The lowest BCUT2D eigenvalue weighted by atomic mass is 10.3. The summed E-state index contributed by atoms with van der Waals surface area (Å²) in [5.74, 6) is 0.314. The van der Waals surface area contributed by atoms with Crippen molar-refractivity contribution in [3.63, 3.8) is 0 Å². The molecule has 0 radical (unpaired) electrons. The van der Waals surface area contributed by atoms with Gasteiger partial charge in [-0.2, -0.15) is 0 Å². The molecule has 1 amide bonds. The second-order valence-corrected chi connectivity index (χ2v) is 6.16. The molecule has 144 valence electrons. The van der Waals surface area contributed by atoms with E-state index in [2.05, 4.69) is 14.6 Å². The highest BCUT2D eigenvalue weighted by Crippen LogP contribution is 2.24. The van der Waals surface area contributed by atoms with Crippen LogP contribution in [0.2, 0.25) is 0 Å². The van der Waals surface area contributed by atoms with E-state index < -0.39 is 6.36 Å². The molecule has 1 aromatic rings. The van der Waals surface area contributed by atoms with Gasteiger partial charge in [0.25, 0.3) is 0 Å². The summed E-state index contributed by atoms with van der Waals surface area (Å²) in [5.41, 5.74) is 0. The number of nitrogens with zero attached hydrogens (tertiary/aromatic N) is 4. The minimum Gasteiger partial charge on any atom is -0.404 e. The zero-order chi connectivity index (χ0) is 18.6. The van der Waals surface area contributed by atoms with E-state index in [-0.39, 0.29) is 11.7 Å². The van der Waals surface area contributed by atoms with Gasteiger partial charge in [0, 0.05) is 39.3 Å². The smallest absolute Gasteiger partial charge is 0.404 e. The molecule has 0 aliphatic carbocycles. The Hall–Kier alpha value is -2.07. The maximum Gasteiger partial charge on any atom is 0.573 e. The van der Waals surface area contributed by atoms with Crippen molar-refractivity contribution in [1.82, 2.24) is 14.8 Å². The Labute approximate surface area is 149 Å². The van der Waals surface area contributed by atoms with E-state index in [1.807, 2.05) is 9.80 Å². The molecule has 3 heterocycles. The van der Waals surface area contributed by atoms with Gasteiger partial charge in [-0.1, -0.05) is 0 Å². The first-order valence-electron chi connectivity index (χ1n) is 8.45. The van der Waals surface area contributed by atoms with E-state index in [1.54, 1.807) is 0 Å². The van der Waals surface area contributed by atoms with Crippen LogP contribution in [-0.2, 0) is 9.53 Å². The number of hydrogen-bond acceptors (Lipinski definition) is 6. The fourth-order valence-corrected chi connectivity index (χ4v) is 2.99. The number of rotatable bonds is 4. The Morgan fingerprint density at radius 1 is 1.12 bits per heavy atom. The molecule has 2 fully saturated rings. The number of amides is 1. The monoisotopic (exact) mass is 374 g/mol. The van der Waals surface area contributed by atoms with Crippen molar-refractivity contribution in [2.45, 2.75) is 6.36 Å². The number of ether oxygens (including phenoxy) is 2. The molecule has 0 unspecified atom stereocenters. The van der Waals surface area contributed by atoms with Crippen LogP contribution in [0.25, 0.3) is 0 Å². The fourth-order valence-electron chi connectivity index (χ4n) is 2.99. The summed E-state index contributed by atoms with van der Waals surface area (Å²) in [6, 6.07) is 2.73. The first-order chi connectivity index (χ1) is 12.4. The van der Waals surface area contributed by atoms with E-state index in [4.69, 9.17) is 4.74 Å². The Kier molecular flexibility index (Phi) is 5.82. The molecule has 2 aliphatic rings. The lowest BCUT2D eigenvalue weighted by Gasteiger charge is -2.36. The van der Waals surface area contributed by atoms with Gasteiger partial charge >= 0.3 is 6.36 Å². The van der Waals surface area contributed by atoms with Crippen molar-refractivity contribution >= 4 is 11.7 Å². The average molecular weight is 374 g/mol. The highest BCUT2D eigenvalue weighted by atomic mass is 19.4. The lowest BCUT2D eigenvalue weighted by molar-refractivity contribution is -0.274. The molecule has 0 atom stereocenters. The number of aromatic nitrogens is 1. The van der Waals surface area contributed by atoms with E-state index in [0.29, 0.717) is 51.8 Å². The summed E-state index contributed by atoms with van der Waals surface area (Å²) in [5, 5.41) is 0. The predicted octanol–water partition coefficient (Wildman–Crippen LogP) is 0.961. The quantitative estimate of drug-likeness (QED) is 0.783. The molecule has 3 rings (SSSR count). The minimum absolute atomic E-state index is 0.0911. The predicted molar refractivity (Wildman–Crippen MR) is 87.0 cm³/mol. The van der Waals surface area contributed by atoms with E-state index >= 15 is 0 Å². The maximum atomic E-state index is 12.4. The van der Waals surface area contributed by atoms with Crippen molar-refractivity contribution in [3.8, 4) is 5.75 Å². The number of morpholine rings is 1. The SMILES string of the molecule is O=C(CN1CCOCC1)N1CCN(c2ccc(OC(F)(F)F)cn2)CC1. The topological polar surface area (TPSA) is 58.1 Å². The number of carbonyl (C=O) groups is 1. The second-order valence-electron chi connectivity index (χ2n) is 6.16. The first-order valence-corrected chi connectivity index (χ1v) is 8.45. The van der Waals surface area contributed by atoms with Crippen LogP contribution in [-0.4, -0.2) is 86.1 Å². The zero-order valence-corrected chi connectivity index (χ0v) is 14.2. The highest BCUT2D eigenvalue weighted by Gasteiger charge is 2.31. The Morgan fingerprint density at radius 2 is 1.81 bits per heavy atom. The van der Waals surface area contributed by atoms with Gasteiger partial charge < -0.3 is 19.3 Å². The minimum atomic E-state index is -4.73. The van der Waals surface area contributed by atoms with Gasteiger partial charge in [0.05, 0.1) is 26.0 Å². The van der Waals surface area contributed by atoms with Crippen LogP contribution < -0.4 is 9.64 Å². The van der Waals surface area contributed by atoms with Gasteiger partial charge in [0.1, 0.15) is 11.6 Å². The van der Waals surface area contributed by atoms with Gasteiger partial charge in [0.2, 0.25) is 5.91 Å². The number of piperazine rings is 1. The van der Waals surface area contributed by atoms with Crippen molar-refractivity contribution in [2.75, 3.05) is 63.9 Å². The maximum absolute atomic E-state index is 12.4. The van der Waals surface area contributed by atoms with Crippen LogP contribution >= 0.6 is 0 Å². The summed E-state index contributed by atoms with van der Waals surface area (Å²) in [7, 11) is 0. The second kappa shape index (κ2) is 8.09. The first kappa shape index (κ1) is 18.7. The summed E-state index contributed by atoms with van der Waals surface area (Å²) < 4.78 is 45.6. The number of anilines is 1. The molecule has 0 aromatic carbocycles.